The molecule has 2 aliphatic rings. The van der Waals surface area contributed by atoms with Gasteiger partial charge in [0.25, 0.3) is 5.91 Å². The highest BCUT2D eigenvalue weighted by Gasteiger charge is 2.41. The number of rotatable bonds is 5. The zero-order valence-electron chi connectivity index (χ0n) is 17.5. The third-order valence-electron chi connectivity index (χ3n) is 6.27. The van der Waals surface area contributed by atoms with Gasteiger partial charge in [0.05, 0.1) is 17.9 Å². The van der Waals surface area contributed by atoms with Crippen molar-refractivity contribution in [3.63, 3.8) is 0 Å². The van der Waals surface area contributed by atoms with Crippen LogP contribution in [0.4, 0.5) is 18.9 Å². The Hall–Kier alpha value is -1.98. The third-order valence-corrected chi connectivity index (χ3v) is 7.29. The number of pyridine rings is 1. The van der Waals surface area contributed by atoms with E-state index in [4.69, 9.17) is 0 Å². The SMILES string of the molecule is CN(C[C@H]1CC[C@H](N2CN(CC(F)(F)F)C(=O)c3cnc4[nH]ccc4c32)CC1)[S+](C)[O-]. The average Bonchev–Trinajstić information content (AvgIpc) is 3.18. The zero-order chi connectivity index (χ0) is 22.3. The first-order valence-electron chi connectivity index (χ1n) is 10.3. The third kappa shape index (κ3) is 4.63. The summed E-state index contributed by atoms with van der Waals surface area (Å²) < 4.78 is 52.9. The van der Waals surface area contributed by atoms with Gasteiger partial charge in [0.2, 0.25) is 0 Å². The Labute approximate surface area is 181 Å². The Bertz CT molecular complexity index is 943. The Kier molecular flexibility index (Phi) is 6.10. The van der Waals surface area contributed by atoms with Gasteiger partial charge < -0.3 is 19.3 Å². The fourth-order valence-electron chi connectivity index (χ4n) is 4.69. The molecule has 1 saturated carbocycles. The number of anilines is 1. The minimum Gasteiger partial charge on any atom is -0.598 e. The maximum absolute atomic E-state index is 13.1. The van der Waals surface area contributed by atoms with Crippen molar-refractivity contribution in [1.29, 1.82) is 0 Å². The molecule has 1 atom stereocenters. The van der Waals surface area contributed by atoms with Crippen molar-refractivity contribution in [1.82, 2.24) is 19.2 Å². The number of alkyl halides is 3. The van der Waals surface area contributed by atoms with Crippen LogP contribution in [0.2, 0.25) is 0 Å². The van der Waals surface area contributed by atoms with Crippen molar-refractivity contribution in [3.05, 3.63) is 24.0 Å². The molecule has 0 saturated heterocycles. The van der Waals surface area contributed by atoms with Gasteiger partial charge >= 0.3 is 6.18 Å². The van der Waals surface area contributed by atoms with Crippen LogP contribution < -0.4 is 4.90 Å². The van der Waals surface area contributed by atoms with Crippen molar-refractivity contribution in [2.24, 2.45) is 5.92 Å². The standard InChI is InChI=1S/C20H26F3N5O2S/c1-26(31(2)30)10-13-3-5-14(6-4-13)28-12-27(11-20(21,22)23)19(29)16-9-25-18-15(17(16)28)7-8-24-18/h7-9,13-14H,3-6,10-12H2,1-2H3,(H,24,25)/t13-,14-,31?. The number of nitrogens with zero attached hydrogens (tertiary/aromatic N) is 4. The molecule has 11 heteroatoms. The van der Waals surface area contributed by atoms with Gasteiger partial charge in [0.15, 0.2) is 0 Å². The minimum absolute atomic E-state index is 0.0248. The van der Waals surface area contributed by atoms with E-state index >= 15 is 0 Å². The van der Waals surface area contributed by atoms with Crippen LogP contribution in [0.25, 0.3) is 11.0 Å². The normalized spacial score (nSPS) is 23.5. The number of carbonyl (C=O) groups is 1. The van der Waals surface area contributed by atoms with Crippen LogP contribution in [0.3, 0.4) is 0 Å². The lowest BCUT2D eigenvalue weighted by Gasteiger charge is -2.45. The van der Waals surface area contributed by atoms with Gasteiger partial charge in [-0.3, -0.25) is 4.79 Å². The molecule has 0 radical (unpaired) electrons. The topological polar surface area (TPSA) is 78.5 Å². The van der Waals surface area contributed by atoms with Gasteiger partial charge in [-0.05, 0) is 37.7 Å². The lowest BCUT2D eigenvalue weighted by molar-refractivity contribution is -0.141. The van der Waals surface area contributed by atoms with Crippen molar-refractivity contribution in [3.8, 4) is 0 Å². The Morgan fingerprint density at radius 2 is 2.03 bits per heavy atom. The molecule has 3 heterocycles. The van der Waals surface area contributed by atoms with Crippen LogP contribution >= 0.6 is 0 Å². The molecule has 1 N–H and O–H groups in total. The molecule has 2 aromatic heterocycles. The smallest absolute Gasteiger partial charge is 0.406 e. The molecule has 0 aromatic carbocycles. The van der Waals surface area contributed by atoms with E-state index in [1.165, 1.54) is 6.20 Å². The summed E-state index contributed by atoms with van der Waals surface area (Å²) in [5.74, 6) is -0.244. The molecule has 0 spiro atoms. The van der Waals surface area contributed by atoms with Crippen molar-refractivity contribution in [2.45, 2.75) is 37.9 Å². The van der Waals surface area contributed by atoms with Crippen molar-refractivity contribution in [2.75, 3.05) is 38.0 Å². The molecule has 170 valence electrons. The number of fused-ring (bicyclic) bond motifs is 3. The molecule has 4 rings (SSSR count). The van der Waals surface area contributed by atoms with Crippen LogP contribution in [-0.2, 0) is 11.4 Å². The van der Waals surface area contributed by atoms with Gasteiger partial charge in [-0.1, -0.05) is 0 Å². The molecule has 31 heavy (non-hydrogen) atoms. The molecule has 1 aliphatic carbocycles. The summed E-state index contributed by atoms with van der Waals surface area (Å²) in [5.41, 5.74) is 1.50. The Morgan fingerprint density at radius 3 is 2.68 bits per heavy atom. The molecule has 1 amide bonds. The van der Waals surface area contributed by atoms with E-state index in [0.29, 0.717) is 17.3 Å². The number of amides is 1. The predicted octanol–water partition coefficient (Wildman–Crippen LogP) is 3.13. The van der Waals surface area contributed by atoms with Gasteiger partial charge in [-0.2, -0.15) is 13.2 Å². The highest BCUT2D eigenvalue weighted by molar-refractivity contribution is 7.88. The summed E-state index contributed by atoms with van der Waals surface area (Å²) in [6.07, 6.45) is 3.68. The zero-order valence-corrected chi connectivity index (χ0v) is 18.3. The summed E-state index contributed by atoms with van der Waals surface area (Å²) in [7, 11) is 1.83. The van der Waals surface area contributed by atoms with E-state index in [2.05, 4.69) is 9.97 Å². The molecule has 7 nitrogen and oxygen atoms in total. The fourth-order valence-corrected chi connectivity index (χ4v) is 5.11. The fraction of sp³-hybridized carbons (Fsp3) is 0.600. The van der Waals surface area contributed by atoms with E-state index in [9.17, 15) is 22.5 Å². The van der Waals surface area contributed by atoms with Crippen LogP contribution in [0.5, 0.6) is 0 Å². The Balaban J connectivity index is 1.60. The van der Waals surface area contributed by atoms with E-state index < -0.39 is 30.0 Å². The number of aromatic nitrogens is 2. The van der Waals surface area contributed by atoms with Crippen LogP contribution in [-0.4, -0.2) is 74.9 Å². The molecule has 1 aliphatic heterocycles. The first kappa shape index (κ1) is 22.2. The number of hydrogen-bond acceptors (Lipinski definition) is 5. The summed E-state index contributed by atoms with van der Waals surface area (Å²) in [6.45, 7) is -0.643. The Morgan fingerprint density at radius 1 is 1.32 bits per heavy atom. The second-order valence-electron chi connectivity index (χ2n) is 8.40. The number of H-pyrrole nitrogens is 1. The van der Waals surface area contributed by atoms with Crippen LogP contribution in [0.15, 0.2) is 18.5 Å². The largest absolute Gasteiger partial charge is 0.598 e. The monoisotopic (exact) mass is 457 g/mol. The molecule has 1 unspecified atom stereocenters. The van der Waals surface area contributed by atoms with E-state index in [1.807, 2.05) is 22.3 Å². The van der Waals surface area contributed by atoms with E-state index in [-0.39, 0.29) is 18.3 Å². The molecule has 0 bridgehead atoms. The van der Waals surface area contributed by atoms with E-state index in [1.54, 1.807) is 12.5 Å². The molecular formula is C20H26F3N5O2S. The second-order valence-corrected chi connectivity index (χ2v) is 9.87. The maximum Gasteiger partial charge on any atom is 0.406 e. The first-order valence-corrected chi connectivity index (χ1v) is 11.8. The summed E-state index contributed by atoms with van der Waals surface area (Å²) >= 11 is -1.02. The number of nitrogens with one attached hydrogen (secondary N) is 1. The predicted molar refractivity (Wildman–Crippen MR) is 113 cm³/mol. The first-order chi connectivity index (χ1) is 14.6. The maximum atomic E-state index is 13.1. The molecule has 2 aromatic rings. The van der Waals surface area contributed by atoms with Crippen LogP contribution in [0, 0.1) is 5.92 Å². The summed E-state index contributed by atoms with van der Waals surface area (Å²) in [5, 5.41) is 0.751. The molecule has 1 fully saturated rings. The highest BCUT2D eigenvalue weighted by atomic mass is 32.2. The van der Waals surface area contributed by atoms with Crippen LogP contribution in [0.1, 0.15) is 36.0 Å². The van der Waals surface area contributed by atoms with Gasteiger partial charge in [0.1, 0.15) is 18.4 Å². The number of carbonyl (C=O) groups excluding carboxylic acids is 1. The second kappa shape index (κ2) is 8.51. The van der Waals surface area contributed by atoms with Gasteiger partial charge in [0, 0.05) is 48.8 Å². The van der Waals surface area contributed by atoms with Crippen molar-refractivity contribution >= 4 is 34.0 Å². The number of aromatic amines is 1. The highest BCUT2D eigenvalue weighted by Crippen LogP contribution is 2.39. The summed E-state index contributed by atoms with van der Waals surface area (Å²) in [4.78, 5) is 22.9. The summed E-state index contributed by atoms with van der Waals surface area (Å²) in [6, 6.07) is 1.84. The van der Waals surface area contributed by atoms with Gasteiger partial charge in [-0.15, -0.1) is 4.31 Å². The minimum atomic E-state index is -4.47. The number of hydrogen-bond donors (Lipinski definition) is 1. The average molecular weight is 458 g/mol. The molecular weight excluding hydrogens is 431 g/mol. The lowest BCUT2D eigenvalue weighted by Crippen LogP contribution is -2.54. The van der Waals surface area contributed by atoms with Gasteiger partial charge in [-0.25, -0.2) is 4.98 Å². The number of halogens is 3. The van der Waals surface area contributed by atoms with E-state index in [0.717, 1.165) is 42.5 Å². The van der Waals surface area contributed by atoms with Crippen molar-refractivity contribution < 1.29 is 22.5 Å². The lowest BCUT2D eigenvalue weighted by atomic mass is 9.84. The quantitative estimate of drug-likeness (QED) is 0.698.